The molecule has 5 rings (SSSR count). The summed E-state index contributed by atoms with van der Waals surface area (Å²) in [5.41, 5.74) is 3.40. The topological polar surface area (TPSA) is 126 Å². The number of aromatic nitrogens is 5. The number of amides is 1. The molecule has 4 aromatic heterocycles. The molecule has 0 radical (unpaired) electrons. The molecule has 1 aliphatic heterocycles. The predicted octanol–water partition coefficient (Wildman–Crippen LogP) is 3.46. The Hall–Kier alpha value is -4.26. The number of hydrogen-bond acceptors (Lipinski definition) is 8. The number of anilines is 1. The van der Waals surface area contributed by atoms with Crippen molar-refractivity contribution < 1.29 is 9.32 Å². The molecular weight excluding hydrogens is 420 g/mol. The molecule has 1 amide bonds. The van der Waals surface area contributed by atoms with E-state index in [1.807, 2.05) is 26.0 Å². The van der Waals surface area contributed by atoms with E-state index in [2.05, 4.69) is 31.6 Å². The van der Waals surface area contributed by atoms with E-state index in [9.17, 15) is 4.79 Å². The van der Waals surface area contributed by atoms with Crippen LogP contribution in [0.2, 0.25) is 0 Å². The number of hydrogen-bond donors (Lipinski definition) is 1. The first-order valence-electron chi connectivity index (χ1n) is 10.7. The molecule has 166 valence electrons. The van der Waals surface area contributed by atoms with E-state index in [4.69, 9.17) is 9.78 Å². The maximum atomic E-state index is 11.8. The zero-order chi connectivity index (χ0) is 23.1. The van der Waals surface area contributed by atoms with E-state index in [0.717, 1.165) is 35.3 Å². The molecule has 10 nitrogen and oxygen atoms in total. The Morgan fingerprint density at radius 2 is 2.09 bits per heavy atom. The van der Waals surface area contributed by atoms with Gasteiger partial charge in [0.05, 0.1) is 29.1 Å². The molecule has 0 aromatic carbocycles. The van der Waals surface area contributed by atoms with Gasteiger partial charge < -0.3 is 14.7 Å². The maximum Gasteiger partial charge on any atom is 0.220 e. The second-order valence-electron chi connectivity index (χ2n) is 8.33. The van der Waals surface area contributed by atoms with Crippen molar-refractivity contribution in [2.45, 2.75) is 39.3 Å². The fraction of sp³-hybridized carbons (Fsp3) is 0.304. The average Bonchev–Trinajstić information content (AvgIpc) is 3.39. The van der Waals surface area contributed by atoms with Gasteiger partial charge in [-0.2, -0.15) is 15.0 Å². The number of carbonyl (C=O) groups excluding carboxylic acids is 1. The summed E-state index contributed by atoms with van der Waals surface area (Å²) in [5, 5.41) is 21.9. The molecule has 5 heterocycles. The van der Waals surface area contributed by atoms with Gasteiger partial charge in [0.25, 0.3) is 0 Å². The zero-order valence-electron chi connectivity index (χ0n) is 18.5. The molecule has 1 saturated heterocycles. The normalized spacial score (nSPS) is 15.5. The third-order valence-electron chi connectivity index (χ3n) is 5.65. The molecule has 1 N–H and O–H groups in total. The molecule has 0 saturated carbocycles. The molecule has 0 spiro atoms. The van der Waals surface area contributed by atoms with Gasteiger partial charge in [-0.1, -0.05) is 5.16 Å². The van der Waals surface area contributed by atoms with Crippen LogP contribution >= 0.6 is 0 Å². The zero-order valence-corrected chi connectivity index (χ0v) is 18.5. The van der Waals surface area contributed by atoms with E-state index in [1.165, 1.54) is 6.20 Å². The Bertz CT molecular complexity index is 1400. The Morgan fingerprint density at radius 1 is 1.24 bits per heavy atom. The first-order chi connectivity index (χ1) is 15.9. The van der Waals surface area contributed by atoms with Crippen molar-refractivity contribution in [1.29, 1.82) is 5.26 Å². The van der Waals surface area contributed by atoms with Gasteiger partial charge in [-0.25, -0.2) is 9.97 Å². The van der Waals surface area contributed by atoms with Gasteiger partial charge in [0.1, 0.15) is 11.8 Å². The summed E-state index contributed by atoms with van der Waals surface area (Å²) in [6, 6.07) is 7.70. The van der Waals surface area contributed by atoms with Crippen molar-refractivity contribution in [2.24, 2.45) is 0 Å². The minimum absolute atomic E-state index is 0.0333. The molecule has 0 aliphatic carbocycles. The van der Waals surface area contributed by atoms with Crippen LogP contribution in [0.3, 0.4) is 0 Å². The number of nitriles is 1. The lowest BCUT2D eigenvalue weighted by Gasteiger charge is -2.38. The second-order valence-corrected chi connectivity index (χ2v) is 8.33. The minimum Gasteiger partial charge on any atom is -0.382 e. The SMILES string of the molecule is CC(=O)N1CC[C@H]1c1cc(-c2cnc(-n3ncc4cc(C#N)cnc43)cc2NC(C)C)on1. The summed E-state index contributed by atoms with van der Waals surface area (Å²) in [6.07, 6.45) is 5.76. The summed E-state index contributed by atoms with van der Waals surface area (Å²) < 4.78 is 7.29. The highest BCUT2D eigenvalue weighted by Crippen LogP contribution is 2.36. The lowest BCUT2D eigenvalue weighted by atomic mass is 9.99. The maximum absolute atomic E-state index is 11.8. The van der Waals surface area contributed by atoms with Crippen molar-refractivity contribution >= 4 is 22.6 Å². The molecule has 1 aliphatic rings. The van der Waals surface area contributed by atoms with Crippen LogP contribution in [0, 0.1) is 11.3 Å². The Labute approximate surface area is 189 Å². The van der Waals surface area contributed by atoms with Crippen LogP contribution in [0.4, 0.5) is 5.69 Å². The Kier molecular flexibility index (Phi) is 5.01. The number of pyridine rings is 2. The lowest BCUT2D eigenvalue weighted by Crippen LogP contribution is -2.44. The third-order valence-corrected chi connectivity index (χ3v) is 5.65. The largest absolute Gasteiger partial charge is 0.382 e. The third kappa shape index (κ3) is 3.67. The van der Waals surface area contributed by atoms with Crippen LogP contribution in [-0.2, 0) is 4.79 Å². The van der Waals surface area contributed by atoms with Crippen LogP contribution in [0.25, 0.3) is 28.2 Å². The molecule has 4 aromatic rings. The quantitative estimate of drug-likeness (QED) is 0.498. The van der Waals surface area contributed by atoms with E-state index in [1.54, 1.807) is 35.0 Å². The fourth-order valence-corrected chi connectivity index (χ4v) is 3.98. The first kappa shape index (κ1) is 20.6. The fourth-order valence-electron chi connectivity index (χ4n) is 3.98. The van der Waals surface area contributed by atoms with E-state index in [-0.39, 0.29) is 18.0 Å². The van der Waals surface area contributed by atoms with Crippen LogP contribution < -0.4 is 5.32 Å². The highest BCUT2D eigenvalue weighted by Gasteiger charge is 2.34. The van der Waals surface area contributed by atoms with Gasteiger partial charge in [-0.15, -0.1) is 0 Å². The lowest BCUT2D eigenvalue weighted by molar-refractivity contribution is -0.136. The molecule has 1 fully saturated rings. The average molecular weight is 442 g/mol. The molecule has 1 atom stereocenters. The second kappa shape index (κ2) is 8.02. The van der Waals surface area contributed by atoms with E-state index in [0.29, 0.717) is 22.8 Å². The molecule has 0 bridgehead atoms. The van der Waals surface area contributed by atoms with Crippen molar-refractivity contribution in [3.8, 4) is 23.2 Å². The standard InChI is InChI=1S/C23H22N8O2/c1-13(2)28-18-8-22(31-23-16(11-27-31)6-15(9-24)10-26-23)25-12-17(18)21-7-19(29-33-21)20-4-5-30(20)14(3)32/h6-8,10-13,20H,4-5H2,1-3H3,(H,25,28)/t20-/m0/s1. The van der Waals surface area contributed by atoms with Gasteiger partial charge in [-0.3, -0.25) is 4.79 Å². The van der Waals surface area contributed by atoms with Crippen molar-refractivity contribution in [3.05, 3.63) is 48.0 Å². The van der Waals surface area contributed by atoms with Crippen molar-refractivity contribution in [2.75, 3.05) is 11.9 Å². The Morgan fingerprint density at radius 3 is 2.79 bits per heavy atom. The molecular formula is C23H22N8O2. The predicted molar refractivity (Wildman–Crippen MR) is 120 cm³/mol. The van der Waals surface area contributed by atoms with Crippen LogP contribution in [0.15, 0.2) is 41.3 Å². The molecule has 10 heteroatoms. The molecule has 0 unspecified atom stereocenters. The van der Waals surface area contributed by atoms with Gasteiger partial charge in [0.15, 0.2) is 17.2 Å². The highest BCUT2D eigenvalue weighted by atomic mass is 16.5. The van der Waals surface area contributed by atoms with Gasteiger partial charge in [-0.05, 0) is 26.3 Å². The summed E-state index contributed by atoms with van der Waals surface area (Å²) in [6.45, 7) is 6.39. The van der Waals surface area contributed by atoms with Crippen LogP contribution in [0.1, 0.15) is 44.5 Å². The van der Waals surface area contributed by atoms with Gasteiger partial charge in [0, 0.05) is 49.4 Å². The monoisotopic (exact) mass is 442 g/mol. The van der Waals surface area contributed by atoms with Gasteiger partial charge in [0.2, 0.25) is 5.91 Å². The number of nitrogens with one attached hydrogen (secondary N) is 1. The number of nitrogens with zero attached hydrogens (tertiary/aromatic N) is 7. The minimum atomic E-state index is -0.0476. The van der Waals surface area contributed by atoms with Crippen LogP contribution in [0.5, 0.6) is 0 Å². The molecule has 33 heavy (non-hydrogen) atoms. The van der Waals surface area contributed by atoms with Crippen LogP contribution in [-0.4, -0.2) is 48.3 Å². The number of likely N-dealkylation sites (tertiary alicyclic amines) is 1. The smallest absolute Gasteiger partial charge is 0.220 e. The summed E-state index contributed by atoms with van der Waals surface area (Å²) in [7, 11) is 0. The number of fused-ring (bicyclic) bond motifs is 1. The van der Waals surface area contributed by atoms with Crippen molar-refractivity contribution in [1.82, 2.24) is 29.8 Å². The highest BCUT2D eigenvalue weighted by molar-refractivity contribution is 5.79. The van der Waals surface area contributed by atoms with Crippen molar-refractivity contribution in [3.63, 3.8) is 0 Å². The number of rotatable bonds is 5. The van der Waals surface area contributed by atoms with E-state index >= 15 is 0 Å². The summed E-state index contributed by atoms with van der Waals surface area (Å²) in [4.78, 5) is 22.5. The summed E-state index contributed by atoms with van der Waals surface area (Å²) >= 11 is 0. The Balaban J connectivity index is 1.53. The first-order valence-corrected chi connectivity index (χ1v) is 10.7. The van der Waals surface area contributed by atoms with E-state index < -0.39 is 0 Å². The number of carbonyl (C=O) groups is 1. The van der Waals surface area contributed by atoms with Gasteiger partial charge >= 0.3 is 0 Å². The summed E-state index contributed by atoms with van der Waals surface area (Å²) in [5.74, 6) is 1.19.